The molecule has 2 rings (SSSR count). The highest BCUT2D eigenvalue weighted by molar-refractivity contribution is 6.10. The molecule has 0 bridgehead atoms. The summed E-state index contributed by atoms with van der Waals surface area (Å²) in [6.45, 7) is 2.14. The van der Waals surface area contributed by atoms with Crippen molar-refractivity contribution in [3.05, 3.63) is 127 Å². The predicted octanol–water partition coefficient (Wildman–Crippen LogP) is 9.79. The molecule has 6 heteroatoms. The number of ether oxygens (including phenoxy) is 3. The molecule has 248 valence electrons. The Morgan fingerprint density at radius 2 is 1.21 bits per heavy atom. The summed E-state index contributed by atoms with van der Waals surface area (Å²) < 4.78 is 16.1. The normalized spacial score (nSPS) is 12.1. The minimum atomic E-state index is -0.338. The van der Waals surface area contributed by atoms with E-state index in [4.69, 9.17) is 14.2 Å². The largest absolute Gasteiger partial charge is 0.497 e. The molecular weight excluding hydrogens is 588 g/mol. The molecule has 0 spiro atoms. The molecular formula is C41H48O6. The number of allylic oxidation sites excluding steroid dienone is 12. The van der Waals surface area contributed by atoms with Gasteiger partial charge in [-0.05, 0) is 92.5 Å². The smallest absolute Gasteiger partial charge is 0.311 e. The van der Waals surface area contributed by atoms with E-state index in [-0.39, 0.29) is 30.4 Å². The van der Waals surface area contributed by atoms with Crippen LogP contribution in [-0.2, 0) is 14.4 Å². The first-order valence-corrected chi connectivity index (χ1v) is 16.1. The van der Waals surface area contributed by atoms with Gasteiger partial charge in [-0.15, -0.1) is 0 Å². The Kier molecular flexibility index (Phi) is 19.7. The fraction of sp³-hybridized carbons (Fsp3) is 0.293. The van der Waals surface area contributed by atoms with Crippen molar-refractivity contribution in [2.75, 3.05) is 14.2 Å². The number of unbranched alkanes of at least 4 members (excludes halogenated alkanes) is 1. The van der Waals surface area contributed by atoms with E-state index in [1.807, 2.05) is 18.2 Å². The van der Waals surface area contributed by atoms with Crippen LogP contribution in [0.2, 0.25) is 0 Å². The van der Waals surface area contributed by atoms with E-state index >= 15 is 0 Å². The number of hydrogen-bond acceptors (Lipinski definition) is 6. The van der Waals surface area contributed by atoms with Crippen LogP contribution < -0.4 is 14.2 Å². The lowest BCUT2D eigenvalue weighted by molar-refractivity contribution is -0.134. The number of esters is 1. The van der Waals surface area contributed by atoms with Gasteiger partial charge in [0.25, 0.3) is 0 Å². The Labute approximate surface area is 280 Å². The van der Waals surface area contributed by atoms with Crippen LogP contribution in [0.3, 0.4) is 0 Å². The Hall–Kier alpha value is -4.97. The molecule has 0 fully saturated rings. The number of benzene rings is 2. The van der Waals surface area contributed by atoms with Crippen LogP contribution in [-0.4, -0.2) is 31.8 Å². The molecule has 0 heterocycles. The van der Waals surface area contributed by atoms with Crippen molar-refractivity contribution in [3.63, 3.8) is 0 Å². The number of carbonyl (C=O) groups is 3. The van der Waals surface area contributed by atoms with E-state index in [1.54, 1.807) is 43.5 Å². The minimum Gasteiger partial charge on any atom is -0.497 e. The summed E-state index contributed by atoms with van der Waals surface area (Å²) in [6, 6.07) is 12.3. The lowest BCUT2D eigenvalue weighted by Crippen LogP contribution is -2.08. The highest BCUT2D eigenvalue weighted by atomic mass is 16.6. The molecule has 0 unspecified atom stereocenters. The standard InChI is InChI=1S/C41H48O6/c1-4-5-6-7-8-9-10-11-12-13-14-15-16-17-18-19-20-24-41(44)47-39-30-27-35(32-40(39)46-3)26-29-37(43)33-36(42)28-25-34-22-21-23-38(31-34)45-2/h5-6,8-9,11-12,14-15,17-18,21-23,25-32H,4,7,10,13,16,19-20,24,33H2,1-3H3/b6-5-,9-8-,12-11-,15-14-,18-17-,28-25+,29-26+. The predicted molar refractivity (Wildman–Crippen MR) is 193 cm³/mol. The summed E-state index contributed by atoms with van der Waals surface area (Å²) >= 11 is 0. The monoisotopic (exact) mass is 636 g/mol. The van der Waals surface area contributed by atoms with E-state index in [2.05, 4.69) is 67.7 Å². The average molecular weight is 637 g/mol. The van der Waals surface area contributed by atoms with Gasteiger partial charge in [0.15, 0.2) is 23.1 Å². The molecule has 0 atom stereocenters. The molecule has 0 amide bonds. The molecule has 0 aromatic heterocycles. The van der Waals surface area contributed by atoms with Gasteiger partial charge in [0, 0.05) is 6.42 Å². The highest BCUT2D eigenvalue weighted by Crippen LogP contribution is 2.29. The second kappa shape index (κ2) is 24.3. The van der Waals surface area contributed by atoms with Crippen LogP contribution in [0, 0.1) is 0 Å². The minimum absolute atomic E-state index is 0.247. The number of rotatable bonds is 22. The van der Waals surface area contributed by atoms with E-state index in [9.17, 15) is 14.4 Å². The summed E-state index contributed by atoms with van der Waals surface area (Å²) in [5.41, 5.74) is 1.48. The Balaban J connectivity index is 1.68. The zero-order valence-electron chi connectivity index (χ0n) is 27.9. The van der Waals surface area contributed by atoms with Crippen molar-refractivity contribution in [2.24, 2.45) is 0 Å². The van der Waals surface area contributed by atoms with Crippen molar-refractivity contribution < 1.29 is 28.6 Å². The van der Waals surface area contributed by atoms with Gasteiger partial charge < -0.3 is 14.2 Å². The van der Waals surface area contributed by atoms with Crippen LogP contribution in [0.15, 0.2) is 115 Å². The maximum atomic E-state index is 12.4. The fourth-order valence-corrected chi connectivity index (χ4v) is 4.19. The van der Waals surface area contributed by atoms with Crippen molar-refractivity contribution >= 4 is 29.7 Å². The lowest BCUT2D eigenvalue weighted by atomic mass is 10.1. The van der Waals surface area contributed by atoms with Crippen molar-refractivity contribution in [1.29, 1.82) is 0 Å². The highest BCUT2D eigenvalue weighted by Gasteiger charge is 2.11. The van der Waals surface area contributed by atoms with E-state index in [1.165, 1.54) is 19.3 Å². The second-order valence-electron chi connectivity index (χ2n) is 10.5. The first kappa shape index (κ1) is 38.2. The molecule has 0 aliphatic rings. The first-order valence-electron chi connectivity index (χ1n) is 16.1. The van der Waals surface area contributed by atoms with Gasteiger partial charge in [0.1, 0.15) is 5.75 Å². The van der Waals surface area contributed by atoms with Gasteiger partial charge in [0.05, 0.1) is 20.6 Å². The molecule has 2 aromatic rings. The topological polar surface area (TPSA) is 78.9 Å². The molecule has 47 heavy (non-hydrogen) atoms. The molecule has 0 N–H and O–H groups in total. The first-order chi connectivity index (χ1) is 22.9. The van der Waals surface area contributed by atoms with Crippen LogP contribution in [0.4, 0.5) is 0 Å². The van der Waals surface area contributed by atoms with Gasteiger partial charge in [-0.2, -0.15) is 0 Å². The summed E-state index contributed by atoms with van der Waals surface area (Å²) in [7, 11) is 3.06. The zero-order chi connectivity index (χ0) is 34.0. The third kappa shape index (κ3) is 17.9. The summed E-state index contributed by atoms with van der Waals surface area (Å²) in [6.07, 6.45) is 33.9. The molecule has 6 nitrogen and oxygen atoms in total. The number of ketones is 2. The van der Waals surface area contributed by atoms with Gasteiger partial charge >= 0.3 is 5.97 Å². The van der Waals surface area contributed by atoms with Gasteiger partial charge in [-0.25, -0.2) is 0 Å². The average Bonchev–Trinajstić information content (AvgIpc) is 3.08. The molecule has 0 saturated heterocycles. The molecule has 0 radical (unpaired) electrons. The summed E-state index contributed by atoms with van der Waals surface area (Å²) in [5.74, 6) is 0.411. The Bertz CT molecular complexity index is 1470. The molecule has 0 saturated carbocycles. The molecule has 2 aromatic carbocycles. The number of methoxy groups -OCH3 is 2. The maximum absolute atomic E-state index is 12.4. The maximum Gasteiger partial charge on any atom is 0.311 e. The molecule has 0 aliphatic carbocycles. The van der Waals surface area contributed by atoms with Crippen LogP contribution >= 0.6 is 0 Å². The molecule has 0 aliphatic heterocycles. The van der Waals surface area contributed by atoms with E-state index in [0.29, 0.717) is 29.2 Å². The third-order valence-corrected chi connectivity index (χ3v) is 6.69. The third-order valence-electron chi connectivity index (χ3n) is 6.69. The van der Waals surface area contributed by atoms with Crippen LogP contribution in [0.1, 0.15) is 75.8 Å². The van der Waals surface area contributed by atoms with Gasteiger partial charge in [0.2, 0.25) is 0 Å². The summed E-state index contributed by atoms with van der Waals surface area (Å²) in [4.78, 5) is 36.9. The Morgan fingerprint density at radius 3 is 1.79 bits per heavy atom. The lowest BCUT2D eigenvalue weighted by Gasteiger charge is -2.10. The number of hydrogen-bond donors (Lipinski definition) is 0. The van der Waals surface area contributed by atoms with E-state index in [0.717, 1.165) is 44.1 Å². The van der Waals surface area contributed by atoms with Crippen LogP contribution in [0.25, 0.3) is 12.2 Å². The van der Waals surface area contributed by atoms with Crippen LogP contribution in [0.5, 0.6) is 17.2 Å². The van der Waals surface area contributed by atoms with Crippen molar-refractivity contribution in [3.8, 4) is 17.2 Å². The quantitative estimate of drug-likeness (QED) is 0.0320. The summed E-state index contributed by atoms with van der Waals surface area (Å²) in [5, 5.41) is 0. The second-order valence-corrected chi connectivity index (χ2v) is 10.5. The Morgan fingerprint density at radius 1 is 0.638 bits per heavy atom. The zero-order valence-corrected chi connectivity index (χ0v) is 27.9. The van der Waals surface area contributed by atoms with Gasteiger partial charge in [-0.3, -0.25) is 14.4 Å². The SMILES string of the molecule is CC/C=C\C/C=C\C/C=C\C/C=C\C/C=C\CCCC(=O)Oc1ccc(/C=C/C(=O)CC(=O)/C=C/c2cccc(OC)c2)cc1OC. The number of carbonyl (C=O) groups excluding carboxylic acids is 3. The van der Waals surface area contributed by atoms with Crippen molar-refractivity contribution in [2.45, 2.75) is 64.7 Å². The van der Waals surface area contributed by atoms with Gasteiger partial charge in [-0.1, -0.05) is 98.0 Å². The van der Waals surface area contributed by atoms with E-state index < -0.39 is 0 Å². The fourth-order valence-electron chi connectivity index (χ4n) is 4.19. The van der Waals surface area contributed by atoms with Crippen molar-refractivity contribution in [1.82, 2.24) is 0 Å².